The van der Waals surface area contributed by atoms with Crippen LogP contribution in [0.1, 0.15) is 0 Å². The molecule has 3 nitrogen and oxygen atoms in total. The van der Waals surface area contributed by atoms with Crippen molar-refractivity contribution >= 4 is 21.8 Å². The molecule has 0 fully saturated rings. The first-order valence-corrected chi connectivity index (χ1v) is 8.41. The first-order chi connectivity index (χ1) is 12.2. The van der Waals surface area contributed by atoms with Crippen molar-refractivity contribution in [3.8, 4) is 22.6 Å². The highest BCUT2D eigenvalue weighted by molar-refractivity contribution is 5.97. The van der Waals surface area contributed by atoms with E-state index in [1.54, 1.807) is 0 Å². The zero-order valence-electron chi connectivity index (χ0n) is 14.2. The van der Waals surface area contributed by atoms with E-state index in [-0.39, 0.29) is 0 Å². The molecule has 0 aliphatic carbocycles. The lowest BCUT2D eigenvalue weighted by molar-refractivity contribution is 0.598. The number of fused-ring (bicyclic) bond motifs is 2. The van der Waals surface area contributed by atoms with Gasteiger partial charge < -0.3 is 13.6 Å². The fraction of sp³-hybridized carbons (Fsp3) is 0.0909. The summed E-state index contributed by atoms with van der Waals surface area (Å²) in [6, 6.07) is 21.0. The van der Waals surface area contributed by atoms with Crippen LogP contribution in [0.4, 0.5) is 0 Å². The van der Waals surface area contributed by atoms with E-state index in [9.17, 15) is 0 Å². The number of nitrogens with zero attached hydrogens (tertiary/aromatic N) is 2. The van der Waals surface area contributed by atoms with E-state index in [0.29, 0.717) is 0 Å². The third-order valence-corrected chi connectivity index (χ3v) is 4.93. The molecule has 0 spiro atoms. The first-order valence-electron chi connectivity index (χ1n) is 8.41. The van der Waals surface area contributed by atoms with Gasteiger partial charge in [-0.25, -0.2) is 0 Å². The van der Waals surface area contributed by atoms with Crippen molar-refractivity contribution in [2.45, 2.75) is 0 Å². The van der Waals surface area contributed by atoms with Crippen LogP contribution < -0.4 is 0 Å². The highest BCUT2D eigenvalue weighted by Crippen LogP contribution is 2.36. The lowest BCUT2D eigenvalue weighted by Gasteiger charge is -1.96. The van der Waals surface area contributed by atoms with Crippen molar-refractivity contribution in [1.29, 1.82) is 0 Å². The van der Waals surface area contributed by atoms with Crippen LogP contribution in [0.15, 0.2) is 77.5 Å². The highest BCUT2D eigenvalue weighted by Gasteiger charge is 2.15. The molecule has 5 rings (SSSR count). The van der Waals surface area contributed by atoms with Crippen molar-refractivity contribution < 1.29 is 4.42 Å². The van der Waals surface area contributed by atoms with Gasteiger partial charge in [-0.05, 0) is 24.3 Å². The van der Waals surface area contributed by atoms with Gasteiger partial charge in [0.15, 0.2) is 0 Å². The summed E-state index contributed by atoms with van der Waals surface area (Å²) >= 11 is 0. The molecule has 0 N–H and O–H groups in total. The second-order valence-corrected chi connectivity index (χ2v) is 6.51. The number of hydrogen-bond acceptors (Lipinski definition) is 1. The first kappa shape index (κ1) is 14.2. The van der Waals surface area contributed by atoms with Gasteiger partial charge >= 0.3 is 0 Å². The molecule has 0 bridgehead atoms. The molecule has 122 valence electrons. The van der Waals surface area contributed by atoms with Crippen molar-refractivity contribution in [2.24, 2.45) is 14.1 Å². The normalized spacial score (nSPS) is 11.6. The standard InChI is InChI=1S/C22H18N2O/c1-23-13-17(15-7-3-5-9-19(15)23)21-11-12-22(25-21)18-14-24(2)20-10-6-4-8-16(18)20/h3-14H,1-2H3. The van der Waals surface area contributed by atoms with E-state index in [4.69, 9.17) is 4.42 Å². The van der Waals surface area contributed by atoms with Crippen LogP contribution in [-0.2, 0) is 14.1 Å². The number of hydrogen-bond donors (Lipinski definition) is 0. The van der Waals surface area contributed by atoms with E-state index in [0.717, 1.165) is 22.6 Å². The predicted molar refractivity (Wildman–Crippen MR) is 103 cm³/mol. The largest absolute Gasteiger partial charge is 0.456 e. The molecule has 5 aromatic rings. The van der Waals surface area contributed by atoms with E-state index < -0.39 is 0 Å². The molecular formula is C22H18N2O. The highest BCUT2D eigenvalue weighted by atomic mass is 16.3. The Hall–Kier alpha value is -3.20. The number of benzene rings is 2. The summed E-state index contributed by atoms with van der Waals surface area (Å²) in [5.74, 6) is 1.81. The Morgan fingerprint density at radius 2 is 1.04 bits per heavy atom. The minimum absolute atomic E-state index is 0.903. The van der Waals surface area contributed by atoms with E-state index in [1.807, 2.05) is 0 Å². The van der Waals surface area contributed by atoms with Gasteiger partial charge in [0.25, 0.3) is 0 Å². The summed E-state index contributed by atoms with van der Waals surface area (Å²) in [6.45, 7) is 0. The monoisotopic (exact) mass is 326 g/mol. The molecule has 0 unspecified atom stereocenters. The van der Waals surface area contributed by atoms with Crippen LogP contribution in [0.5, 0.6) is 0 Å². The van der Waals surface area contributed by atoms with Crippen LogP contribution >= 0.6 is 0 Å². The zero-order chi connectivity index (χ0) is 17.0. The molecule has 0 aliphatic rings. The summed E-state index contributed by atoms with van der Waals surface area (Å²) in [5, 5.41) is 2.42. The van der Waals surface area contributed by atoms with Gasteiger partial charge in [0.05, 0.1) is 0 Å². The molecule has 3 heteroatoms. The van der Waals surface area contributed by atoms with Gasteiger partial charge in [0.2, 0.25) is 0 Å². The van der Waals surface area contributed by atoms with Crippen molar-refractivity contribution in [3.05, 3.63) is 73.1 Å². The molecule has 0 amide bonds. The van der Waals surface area contributed by atoms with E-state index >= 15 is 0 Å². The third-order valence-electron chi connectivity index (χ3n) is 4.93. The average molecular weight is 326 g/mol. The van der Waals surface area contributed by atoms with Crippen molar-refractivity contribution in [2.75, 3.05) is 0 Å². The van der Waals surface area contributed by atoms with Gasteiger partial charge in [-0.2, -0.15) is 0 Å². The predicted octanol–water partition coefficient (Wildman–Crippen LogP) is 5.60. The van der Waals surface area contributed by atoms with Crippen molar-refractivity contribution in [3.63, 3.8) is 0 Å². The second-order valence-electron chi connectivity index (χ2n) is 6.51. The molecule has 0 saturated heterocycles. The number of aromatic nitrogens is 2. The molecular weight excluding hydrogens is 308 g/mol. The summed E-state index contributed by atoms with van der Waals surface area (Å²) in [6.07, 6.45) is 4.27. The third kappa shape index (κ3) is 2.06. The van der Waals surface area contributed by atoms with Gasteiger partial charge in [-0.1, -0.05) is 36.4 Å². The van der Waals surface area contributed by atoms with Gasteiger partial charge in [-0.15, -0.1) is 0 Å². The lowest BCUT2D eigenvalue weighted by atomic mass is 10.1. The minimum Gasteiger partial charge on any atom is -0.456 e. The minimum atomic E-state index is 0.903. The van der Waals surface area contributed by atoms with E-state index in [1.165, 1.54) is 21.8 Å². The molecule has 0 aliphatic heterocycles. The van der Waals surface area contributed by atoms with Crippen LogP contribution in [0.3, 0.4) is 0 Å². The summed E-state index contributed by atoms with van der Waals surface area (Å²) < 4.78 is 10.6. The number of rotatable bonds is 2. The van der Waals surface area contributed by atoms with Crippen LogP contribution in [0.2, 0.25) is 0 Å². The SMILES string of the molecule is Cn1cc(-c2ccc(-c3cn(C)c4ccccc34)o2)c2ccccc21. The molecule has 0 atom stereocenters. The number of furan rings is 1. The maximum absolute atomic E-state index is 6.27. The Labute approximate surface area is 145 Å². The molecule has 0 saturated carbocycles. The fourth-order valence-electron chi connectivity index (χ4n) is 3.70. The Kier molecular flexibility index (Phi) is 2.92. The fourth-order valence-corrected chi connectivity index (χ4v) is 3.70. The Morgan fingerprint density at radius 1 is 0.600 bits per heavy atom. The van der Waals surface area contributed by atoms with Gasteiger partial charge in [0, 0.05) is 59.4 Å². The van der Waals surface area contributed by atoms with Crippen LogP contribution in [0.25, 0.3) is 44.5 Å². The average Bonchev–Trinajstić information content (AvgIpc) is 3.33. The maximum Gasteiger partial charge on any atom is 0.136 e. The quantitative estimate of drug-likeness (QED) is 0.414. The Balaban J connectivity index is 1.68. The summed E-state index contributed by atoms with van der Waals surface area (Å²) in [5.41, 5.74) is 4.68. The van der Waals surface area contributed by atoms with Crippen LogP contribution in [0, 0.1) is 0 Å². The summed E-state index contributed by atoms with van der Waals surface area (Å²) in [4.78, 5) is 0. The van der Waals surface area contributed by atoms with Crippen molar-refractivity contribution in [1.82, 2.24) is 9.13 Å². The van der Waals surface area contributed by atoms with Gasteiger partial charge in [-0.3, -0.25) is 0 Å². The lowest BCUT2D eigenvalue weighted by Crippen LogP contribution is -1.81. The smallest absolute Gasteiger partial charge is 0.136 e. The topological polar surface area (TPSA) is 23.0 Å². The van der Waals surface area contributed by atoms with Gasteiger partial charge in [0.1, 0.15) is 11.5 Å². The van der Waals surface area contributed by atoms with Crippen LogP contribution in [-0.4, -0.2) is 9.13 Å². The zero-order valence-corrected chi connectivity index (χ0v) is 14.2. The Bertz CT molecular complexity index is 1130. The number of para-hydroxylation sites is 2. The molecule has 3 aromatic heterocycles. The molecule has 2 aromatic carbocycles. The van der Waals surface area contributed by atoms with E-state index in [2.05, 4.69) is 96.3 Å². The molecule has 3 heterocycles. The number of aryl methyl sites for hydroxylation is 2. The Morgan fingerprint density at radius 3 is 1.52 bits per heavy atom. The molecule has 25 heavy (non-hydrogen) atoms. The molecule has 0 radical (unpaired) electrons. The maximum atomic E-state index is 6.27. The summed E-state index contributed by atoms with van der Waals surface area (Å²) in [7, 11) is 4.14. The second kappa shape index (κ2) is 5.15.